The van der Waals surface area contributed by atoms with Gasteiger partial charge in [-0.3, -0.25) is 4.79 Å². The van der Waals surface area contributed by atoms with Gasteiger partial charge in [0.1, 0.15) is 0 Å². The summed E-state index contributed by atoms with van der Waals surface area (Å²) in [6.07, 6.45) is 7.62. The number of allylic oxidation sites excluding steroid dienone is 6. The SMILES string of the molecule is CC(=O)C=CC=C(C)CCC(C)=C(C)C. The van der Waals surface area contributed by atoms with Gasteiger partial charge in [-0.15, -0.1) is 0 Å². The first-order valence-corrected chi connectivity index (χ1v) is 5.41. The van der Waals surface area contributed by atoms with E-state index < -0.39 is 0 Å². The molecule has 0 spiro atoms. The highest BCUT2D eigenvalue weighted by Crippen LogP contribution is 2.13. The van der Waals surface area contributed by atoms with Crippen LogP contribution in [0.1, 0.15) is 47.5 Å². The zero-order valence-electron chi connectivity index (χ0n) is 10.6. The summed E-state index contributed by atoms with van der Waals surface area (Å²) in [6, 6.07) is 0. The summed E-state index contributed by atoms with van der Waals surface area (Å²) in [7, 11) is 0. The number of hydrogen-bond acceptors (Lipinski definition) is 1. The molecule has 0 rings (SSSR count). The normalized spacial score (nSPS) is 11.9. The Morgan fingerprint density at radius 2 is 1.60 bits per heavy atom. The minimum atomic E-state index is 0.0968. The third kappa shape index (κ3) is 7.92. The van der Waals surface area contributed by atoms with E-state index in [0.29, 0.717) is 0 Å². The average Bonchev–Trinajstić information content (AvgIpc) is 2.13. The molecule has 0 saturated carbocycles. The Kier molecular flexibility index (Phi) is 6.68. The molecule has 1 nitrogen and oxygen atoms in total. The Labute approximate surface area is 93.6 Å². The molecule has 0 saturated heterocycles. The molecule has 0 amide bonds. The van der Waals surface area contributed by atoms with E-state index in [2.05, 4.69) is 27.7 Å². The molecular weight excluding hydrogens is 184 g/mol. The molecule has 0 aromatic heterocycles. The highest BCUT2D eigenvalue weighted by atomic mass is 16.1. The van der Waals surface area contributed by atoms with Crippen LogP contribution in [0.4, 0.5) is 0 Å². The first-order valence-electron chi connectivity index (χ1n) is 5.41. The molecule has 0 bridgehead atoms. The first-order chi connectivity index (χ1) is 6.93. The second-order valence-electron chi connectivity index (χ2n) is 4.26. The zero-order chi connectivity index (χ0) is 11.8. The summed E-state index contributed by atoms with van der Waals surface area (Å²) in [5, 5.41) is 0. The molecule has 0 aliphatic rings. The Morgan fingerprint density at radius 1 is 1.00 bits per heavy atom. The van der Waals surface area contributed by atoms with Gasteiger partial charge >= 0.3 is 0 Å². The monoisotopic (exact) mass is 206 g/mol. The van der Waals surface area contributed by atoms with Gasteiger partial charge in [-0.2, -0.15) is 0 Å². The Hall–Kier alpha value is -1.11. The molecule has 1 heteroatoms. The molecule has 0 N–H and O–H groups in total. The van der Waals surface area contributed by atoms with Crippen molar-refractivity contribution in [2.45, 2.75) is 47.5 Å². The predicted octanol–water partition coefficient (Wildman–Crippen LogP) is 4.21. The van der Waals surface area contributed by atoms with E-state index in [1.807, 2.05) is 12.2 Å². The maximum Gasteiger partial charge on any atom is 0.152 e. The van der Waals surface area contributed by atoms with Crippen molar-refractivity contribution in [3.63, 3.8) is 0 Å². The average molecular weight is 206 g/mol. The second-order valence-corrected chi connectivity index (χ2v) is 4.26. The van der Waals surface area contributed by atoms with Gasteiger partial charge < -0.3 is 0 Å². The number of carbonyl (C=O) groups excluding carboxylic acids is 1. The standard InChI is InChI=1S/C14H22O/c1-11(2)13(4)10-9-12(3)7-6-8-14(5)15/h6-8H,9-10H2,1-5H3. The lowest BCUT2D eigenvalue weighted by atomic mass is 10.0. The number of ketones is 1. The van der Waals surface area contributed by atoms with E-state index in [0.717, 1.165) is 12.8 Å². The maximum atomic E-state index is 10.7. The van der Waals surface area contributed by atoms with Crippen LogP contribution in [-0.2, 0) is 4.79 Å². The Morgan fingerprint density at radius 3 is 2.07 bits per heavy atom. The fourth-order valence-electron chi connectivity index (χ4n) is 1.07. The second kappa shape index (κ2) is 7.22. The van der Waals surface area contributed by atoms with Crippen LogP contribution in [0.15, 0.2) is 34.9 Å². The fourth-order valence-corrected chi connectivity index (χ4v) is 1.07. The summed E-state index contributed by atoms with van der Waals surface area (Å²) >= 11 is 0. The predicted molar refractivity (Wildman–Crippen MR) is 66.9 cm³/mol. The van der Waals surface area contributed by atoms with Gasteiger partial charge in [0.2, 0.25) is 0 Å². The molecule has 0 heterocycles. The molecule has 0 radical (unpaired) electrons. The van der Waals surface area contributed by atoms with Gasteiger partial charge in [0.15, 0.2) is 5.78 Å². The van der Waals surface area contributed by atoms with Crippen LogP contribution in [0, 0.1) is 0 Å². The van der Waals surface area contributed by atoms with Crippen LogP contribution in [-0.4, -0.2) is 5.78 Å². The summed E-state index contributed by atoms with van der Waals surface area (Å²) in [5.41, 5.74) is 4.17. The molecule has 0 aliphatic carbocycles. The summed E-state index contributed by atoms with van der Waals surface area (Å²) in [4.78, 5) is 10.7. The first kappa shape index (κ1) is 13.9. The van der Waals surface area contributed by atoms with Crippen LogP contribution >= 0.6 is 0 Å². The molecule has 84 valence electrons. The minimum Gasteiger partial charge on any atom is -0.295 e. The van der Waals surface area contributed by atoms with Gasteiger partial charge in [-0.25, -0.2) is 0 Å². The van der Waals surface area contributed by atoms with Crippen molar-refractivity contribution in [2.24, 2.45) is 0 Å². The quantitative estimate of drug-likeness (QED) is 0.374. The van der Waals surface area contributed by atoms with Crippen molar-refractivity contribution < 1.29 is 4.79 Å². The topological polar surface area (TPSA) is 17.1 Å². The van der Waals surface area contributed by atoms with Crippen molar-refractivity contribution in [1.29, 1.82) is 0 Å². The van der Waals surface area contributed by atoms with Gasteiger partial charge in [0.05, 0.1) is 0 Å². The van der Waals surface area contributed by atoms with E-state index in [-0.39, 0.29) is 5.78 Å². The van der Waals surface area contributed by atoms with E-state index >= 15 is 0 Å². The highest BCUT2D eigenvalue weighted by Gasteiger charge is 1.94. The fraction of sp³-hybridized carbons (Fsp3) is 0.500. The number of carbonyl (C=O) groups is 1. The van der Waals surface area contributed by atoms with E-state index in [1.165, 1.54) is 16.7 Å². The maximum absolute atomic E-state index is 10.7. The lowest BCUT2D eigenvalue weighted by Gasteiger charge is -2.03. The summed E-state index contributed by atoms with van der Waals surface area (Å²) < 4.78 is 0. The zero-order valence-corrected chi connectivity index (χ0v) is 10.6. The van der Waals surface area contributed by atoms with Gasteiger partial charge in [0, 0.05) is 0 Å². The molecule has 0 fully saturated rings. The third-order valence-corrected chi connectivity index (χ3v) is 2.46. The largest absolute Gasteiger partial charge is 0.295 e. The molecular formula is C14H22O. The van der Waals surface area contributed by atoms with Gasteiger partial charge in [-0.1, -0.05) is 28.9 Å². The van der Waals surface area contributed by atoms with Crippen molar-refractivity contribution in [3.8, 4) is 0 Å². The third-order valence-electron chi connectivity index (χ3n) is 2.46. The molecule has 0 atom stereocenters. The van der Waals surface area contributed by atoms with Crippen LogP contribution in [0.3, 0.4) is 0 Å². The van der Waals surface area contributed by atoms with Crippen LogP contribution < -0.4 is 0 Å². The highest BCUT2D eigenvalue weighted by molar-refractivity contribution is 5.87. The number of hydrogen-bond donors (Lipinski definition) is 0. The molecule has 0 aromatic carbocycles. The van der Waals surface area contributed by atoms with Crippen LogP contribution in [0.2, 0.25) is 0 Å². The van der Waals surface area contributed by atoms with Crippen LogP contribution in [0.5, 0.6) is 0 Å². The van der Waals surface area contributed by atoms with Crippen molar-refractivity contribution in [2.75, 3.05) is 0 Å². The van der Waals surface area contributed by atoms with Crippen molar-refractivity contribution in [1.82, 2.24) is 0 Å². The van der Waals surface area contributed by atoms with E-state index in [9.17, 15) is 4.79 Å². The molecule has 0 aliphatic heterocycles. The molecule has 0 unspecified atom stereocenters. The van der Waals surface area contributed by atoms with Crippen molar-refractivity contribution in [3.05, 3.63) is 34.9 Å². The lowest BCUT2D eigenvalue weighted by molar-refractivity contribution is -0.112. The lowest BCUT2D eigenvalue weighted by Crippen LogP contribution is -1.84. The Bertz CT molecular complexity index is 299. The van der Waals surface area contributed by atoms with Gasteiger partial charge in [-0.05, 0) is 53.5 Å². The molecule has 0 aromatic rings. The summed E-state index contributed by atoms with van der Waals surface area (Å²) in [6.45, 7) is 10.1. The Balaban J connectivity index is 4.10. The van der Waals surface area contributed by atoms with E-state index in [4.69, 9.17) is 0 Å². The number of rotatable bonds is 5. The smallest absolute Gasteiger partial charge is 0.152 e. The summed E-state index contributed by atoms with van der Waals surface area (Å²) in [5.74, 6) is 0.0968. The minimum absolute atomic E-state index is 0.0968. The van der Waals surface area contributed by atoms with Gasteiger partial charge in [0.25, 0.3) is 0 Å². The van der Waals surface area contributed by atoms with Crippen molar-refractivity contribution >= 4 is 5.78 Å². The molecule has 15 heavy (non-hydrogen) atoms. The van der Waals surface area contributed by atoms with Crippen LogP contribution in [0.25, 0.3) is 0 Å². The van der Waals surface area contributed by atoms with E-state index in [1.54, 1.807) is 13.0 Å².